The molecule has 6 rings (SSSR count). The van der Waals surface area contributed by atoms with Crippen LogP contribution in [0.3, 0.4) is 0 Å². The number of rotatable bonds is 34. The molecule has 0 radical (unpaired) electrons. The van der Waals surface area contributed by atoms with Crippen molar-refractivity contribution in [3.05, 3.63) is 0 Å². The Hall–Kier alpha value is -2.65. The van der Waals surface area contributed by atoms with E-state index < -0.39 is 264 Å². The minimum absolute atomic E-state index is 0.712. The molecule has 0 aromatic rings. The molecule has 0 aromatic carbocycles. The molecule has 6 fully saturated rings. The van der Waals surface area contributed by atoms with E-state index in [0.717, 1.165) is 42.7 Å². The first-order valence-corrected chi connectivity index (χ1v) is 35.0. The van der Waals surface area contributed by atoms with Gasteiger partial charge in [0.15, 0.2) is 49.8 Å². The first-order valence-electron chi connectivity index (χ1n) is 25.4. The molecule has 6 heterocycles. The zero-order chi connectivity index (χ0) is 70.8. The molecule has 0 saturated carbocycles. The first kappa shape index (κ1) is 80.3. The normalized spacial score (nSPS) is 38.9. The average molecular weight is 1530 g/mol. The summed E-state index contributed by atoms with van der Waals surface area (Å²) in [7, 11) is -34.0. The Labute approximate surface area is 532 Å². The Balaban J connectivity index is 1.43. The SMILES string of the molecule is CO[C@H]1O[C@H](COS(=O)(=O)O)[C@@H](O[C@@H]2O[C@]3(C(=O)O)CO[C@@H]([C@H]2OC)[C@@H]3O[C@H]2O[C@H](COS(=O)(=O)O)[C@@H](O[C@@H]3O[C@H](C(=O)O)[C@@H](O[C@H]4O[C@H](COS(=O)(=O)O)[C@@H](OC)[C@H](OC)[C@H]4OC)[C@H](OC)[C@H]3OC)[C@H](OS(=O)(=O)O)[C@H]2OS(=O)(=O)O)[C@H](OS(=O)(=O)O)[C@H]1OS(=O)(=O)O. The second-order valence-corrected chi connectivity index (χ2v) is 27.2. The van der Waals surface area contributed by atoms with Crippen molar-refractivity contribution in [2.24, 2.45) is 0 Å². The van der Waals surface area contributed by atoms with Crippen LogP contribution in [0, 0.1) is 0 Å². The van der Waals surface area contributed by atoms with E-state index in [2.05, 4.69) is 20.9 Å². The fourth-order valence-electron chi connectivity index (χ4n) is 10.6. The van der Waals surface area contributed by atoms with E-state index in [0.29, 0.717) is 7.11 Å². The standard InChI is InChI=1S/C38H62O49S7/c1-64-15-12(8-72-88(43,44)45)76-33(25(67-4)18(15)65-2)80-20-19(66-3)26(68-5)34(81-24(20)31(39)40)78-16-14(10-74-90(49,50)51)77-35(29(87-94(61,62)63)22(16)85-92(55,56)57)82-30-23-27(69-6)36(83-38(30,11-71-23)37(41)42)79-17-13(9-73-89(46,47)48)75-32(70-7)28(86-93(58,59)60)21(17)84-91(52,53)54/h12-30,32-36H,8-11H2,1-7H3,(H,39,40)(H,41,42)(H,43,44,45)(H,46,47,48)(H,49,50,51)(H,52,53,54)(H,55,56,57)(H,58,59,60)(H,61,62,63)/t12-,13-,14-,15-,16-,17-,18+,19+,20+,21+,22+,23+,24+,25-,26-,27-,28-,29-,30+,32+,33-,34-,35-,36-,38-/m1/s1. The van der Waals surface area contributed by atoms with Crippen molar-refractivity contribution >= 4 is 84.7 Å². The number of ether oxygens (including phenoxy) is 17. The molecule has 56 heteroatoms. The van der Waals surface area contributed by atoms with Crippen molar-refractivity contribution in [1.29, 1.82) is 0 Å². The van der Waals surface area contributed by atoms with Crippen LogP contribution in [0.15, 0.2) is 0 Å². The van der Waals surface area contributed by atoms with Gasteiger partial charge in [0.25, 0.3) is 0 Å². The summed E-state index contributed by atoms with van der Waals surface area (Å²) in [5, 5.41) is 21.6. The summed E-state index contributed by atoms with van der Waals surface area (Å²) < 4.78 is 367. The number of carboxylic acids is 2. The number of carbonyl (C=O) groups is 2. The Kier molecular flexibility index (Phi) is 26.9. The van der Waals surface area contributed by atoms with Crippen molar-refractivity contribution in [3.63, 3.8) is 0 Å². The molecule has 6 saturated heterocycles. The molecule has 9 N–H and O–H groups in total. The number of methoxy groups -OCH3 is 7. The molecule has 550 valence electrons. The Bertz CT molecular complexity index is 3410. The number of hydrogen-bond donors (Lipinski definition) is 9. The van der Waals surface area contributed by atoms with Gasteiger partial charge in [-0.1, -0.05) is 0 Å². The summed E-state index contributed by atoms with van der Waals surface area (Å²) in [5.41, 5.74) is -3.30. The molecule has 2 bridgehead atoms. The van der Waals surface area contributed by atoms with Crippen molar-refractivity contribution in [1.82, 2.24) is 0 Å². The van der Waals surface area contributed by atoms with Crippen molar-refractivity contribution < 1.29 is 220 Å². The highest BCUT2D eigenvalue weighted by Crippen LogP contribution is 2.46. The lowest BCUT2D eigenvalue weighted by Gasteiger charge is -2.51. The van der Waals surface area contributed by atoms with E-state index in [1.165, 1.54) is 0 Å². The molecular weight excluding hydrogens is 1460 g/mol. The maximum Gasteiger partial charge on any atom is 0.397 e. The molecule has 25 atom stereocenters. The van der Waals surface area contributed by atoms with Gasteiger partial charge in [-0.3, -0.25) is 31.9 Å². The summed E-state index contributed by atoms with van der Waals surface area (Å²) in [4.78, 5) is 26.9. The smallest absolute Gasteiger partial charge is 0.397 e. The summed E-state index contributed by atoms with van der Waals surface area (Å²) >= 11 is 0. The van der Waals surface area contributed by atoms with E-state index in [1.807, 2.05) is 0 Å². The van der Waals surface area contributed by atoms with Crippen LogP contribution in [0.25, 0.3) is 0 Å². The van der Waals surface area contributed by atoms with E-state index in [-0.39, 0.29) is 0 Å². The molecular formula is C38H62O49S7. The highest BCUT2D eigenvalue weighted by molar-refractivity contribution is 7.82. The third-order valence-electron chi connectivity index (χ3n) is 14.1. The Morgan fingerprint density at radius 2 is 0.713 bits per heavy atom. The van der Waals surface area contributed by atoms with Crippen LogP contribution in [0.5, 0.6) is 0 Å². The van der Waals surface area contributed by atoms with Crippen LogP contribution in [-0.4, -0.2) is 342 Å². The molecule has 0 unspecified atom stereocenters. The van der Waals surface area contributed by atoms with Gasteiger partial charge in [0, 0.05) is 49.8 Å². The summed E-state index contributed by atoms with van der Waals surface area (Å²) in [6.45, 7) is -5.64. The van der Waals surface area contributed by atoms with Crippen molar-refractivity contribution in [2.45, 2.75) is 153 Å². The fraction of sp³-hybridized carbons (Fsp3) is 0.947. The van der Waals surface area contributed by atoms with Gasteiger partial charge in [-0.15, -0.1) is 0 Å². The van der Waals surface area contributed by atoms with Crippen molar-refractivity contribution in [2.75, 3.05) is 76.2 Å². The van der Waals surface area contributed by atoms with Gasteiger partial charge in [0.2, 0.25) is 5.60 Å². The van der Waals surface area contributed by atoms with Gasteiger partial charge >= 0.3 is 84.7 Å². The quantitative estimate of drug-likeness (QED) is 0.0270. The van der Waals surface area contributed by atoms with Crippen LogP contribution in [0.1, 0.15) is 0 Å². The van der Waals surface area contributed by atoms with Gasteiger partial charge < -0.3 is 90.7 Å². The van der Waals surface area contributed by atoms with Crippen molar-refractivity contribution in [3.8, 4) is 0 Å². The second kappa shape index (κ2) is 31.5. The molecule has 49 nitrogen and oxygen atoms in total. The molecule has 6 aliphatic heterocycles. The molecule has 0 spiro atoms. The fourth-order valence-corrected chi connectivity index (χ4v) is 13.5. The lowest BCUT2D eigenvalue weighted by molar-refractivity contribution is -0.386. The maximum absolute atomic E-state index is 13.6. The molecule has 6 aliphatic rings. The third-order valence-corrected chi connectivity index (χ3v) is 17.3. The lowest BCUT2D eigenvalue weighted by atomic mass is 9.89. The molecule has 0 amide bonds. The van der Waals surface area contributed by atoms with E-state index in [4.69, 9.17) is 88.9 Å². The van der Waals surface area contributed by atoms with Crippen LogP contribution in [-0.2, 0) is 192 Å². The molecule has 0 aliphatic carbocycles. The molecule has 0 aromatic heterocycles. The third kappa shape index (κ3) is 20.5. The van der Waals surface area contributed by atoms with Crippen LogP contribution < -0.4 is 0 Å². The van der Waals surface area contributed by atoms with Crippen LogP contribution in [0.4, 0.5) is 0 Å². The minimum Gasteiger partial charge on any atom is -0.479 e. The topological polar surface area (TPSA) is 677 Å². The predicted octanol–water partition coefficient (Wildman–Crippen LogP) is -7.96. The largest absolute Gasteiger partial charge is 0.479 e. The van der Waals surface area contributed by atoms with Gasteiger partial charge in [-0.25, -0.2) is 38.9 Å². The highest BCUT2D eigenvalue weighted by atomic mass is 32.3. The second-order valence-electron chi connectivity index (χ2n) is 19.7. The monoisotopic (exact) mass is 1530 g/mol. The minimum atomic E-state index is -6.19. The van der Waals surface area contributed by atoms with Crippen LogP contribution >= 0.6 is 0 Å². The van der Waals surface area contributed by atoms with Gasteiger partial charge in [-0.05, 0) is 0 Å². The number of carboxylic acid groups (broad SMARTS) is 2. The van der Waals surface area contributed by atoms with Crippen LogP contribution in [0.2, 0.25) is 0 Å². The Morgan fingerprint density at radius 3 is 1.09 bits per heavy atom. The Morgan fingerprint density at radius 1 is 0.372 bits per heavy atom. The van der Waals surface area contributed by atoms with E-state index >= 15 is 0 Å². The first-order chi connectivity index (χ1) is 43.2. The molecule has 94 heavy (non-hydrogen) atoms. The summed E-state index contributed by atoms with van der Waals surface area (Å²) in [6.07, 6.45) is -55.6. The number of hydrogen-bond acceptors (Lipinski definition) is 40. The zero-order valence-electron chi connectivity index (χ0n) is 48.4. The van der Waals surface area contributed by atoms with E-state index in [9.17, 15) is 111 Å². The summed E-state index contributed by atoms with van der Waals surface area (Å²) in [6, 6.07) is 0. The van der Waals surface area contributed by atoms with Gasteiger partial charge in [0.05, 0.1) is 26.4 Å². The number of aliphatic carboxylic acids is 2. The predicted molar refractivity (Wildman–Crippen MR) is 277 cm³/mol. The van der Waals surface area contributed by atoms with Gasteiger partial charge in [0.1, 0.15) is 97.7 Å². The maximum atomic E-state index is 13.6. The average Bonchev–Trinajstić information content (AvgIpc) is 1.48. The van der Waals surface area contributed by atoms with E-state index in [1.54, 1.807) is 0 Å². The zero-order valence-corrected chi connectivity index (χ0v) is 54.1. The lowest BCUT2D eigenvalue weighted by Crippen LogP contribution is -2.70. The number of fused-ring (bicyclic) bond motifs is 2. The highest BCUT2D eigenvalue weighted by Gasteiger charge is 2.70. The van der Waals surface area contributed by atoms with Gasteiger partial charge in [-0.2, -0.15) is 58.9 Å². The summed E-state index contributed by atoms with van der Waals surface area (Å²) in [5.74, 6) is -4.27.